The van der Waals surface area contributed by atoms with E-state index in [4.69, 9.17) is 0 Å². The van der Waals surface area contributed by atoms with E-state index >= 15 is 8.78 Å². The smallest absolute Gasteiger partial charge is 0.251 e. The SMILES string of the molecule is C[C@@H]1Cc2c([nH]c3ccccc23)C(c2c(F)cc(NC3CN(CCCF)C3)cc2F)N1CC(F)F. The number of fused-ring (bicyclic) bond motifs is 3. The van der Waals surface area contributed by atoms with Gasteiger partial charge in [0.25, 0.3) is 6.43 Å². The number of hydrogen-bond donors (Lipinski definition) is 2. The maximum atomic E-state index is 15.5. The molecule has 2 aliphatic heterocycles. The highest BCUT2D eigenvalue weighted by Gasteiger charge is 2.40. The monoisotopic (exact) mass is 492 g/mol. The third kappa shape index (κ3) is 4.63. The van der Waals surface area contributed by atoms with Gasteiger partial charge in [0.2, 0.25) is 0 Å². The van der Waals surface area contributed by atoms with Gasteiger partial charge in [-0.3, -0.25) is 14.2 Å². The van der Waals surface area contributed by atoms with Crippen molar-refractivity contribution in [2.45, 2.75) is 44.3 Å². The molecule has 0 spiro atoms. The molecule has 0 bridgehead atoms. The zero-order valence-electron chi connectivity index (χ0n) is 19.5. The molecule has 3 heterocycles. The molecule has 2 aliphatic rings. The minimum Gasteiger partial charge on any atom is -0.380 e. The highest BCUT2D eigenvalue weighted by Crippen LogP contribution is 2.43. The van der Waals surface area contributed by atoms with E-state index in [-0.39, 0.29) is 24.3 Å². The Morgan fingerprint density at radius 1 is 1.11 bits per heavy atom. The summed E-state index contributed by atoms with van der Waals surface area (Å²) in [5, 5.41) is 4.07. The molecule has 0 saturated carbocycles. The van der Waals surface area contributed by atoms with Gasteiger partial charge in [-0.15, -0.1) is 0 Å². The highest BCUT2D eigenvalue weighted by atomic mass is 19.3. The topological polar surface area (TPSA) is 34.3 Å². The number of nitrogens with zero attached hydrogens (tertiary/aromatic N) is 2. The molecule has 1 saturated heterocycles. The van der Waals surface area contributed by atoms with Gasteiger partial charge in [-0.25, -0.2) is 17.6 Å². The number of likely N-dealkylation sites (tertiary alicyclic amines) is 1. The zero-order chi connectivity index (χ0) is 24.7. The number of halogens is 5. The van der Waals surface area contributed by atoms with Crippen LogP contribution in [0.4, 0.5) is 27.6 Å². The van der Waals surface area contributed by atoms with Crippen LogP contribution < -0.4 is 5.32 Å². The number of para-hydroxylation sites is 1. The van der Waals surface area contributed by atoms with Gasteiger partial charge in [0.05, 0.1) is 25.3 Å². The summed E-state index contributed by atoms with van der Waals surface area (Å²) in [5.74, 6) is -1.55. The second kappa shape index (κ2) is 9.78. The van der Waals surface area contributed by atoms with Crippen LogP contribution in [0.3, 0.4) is 0 Å². The van der Waals surface area contributed by atoms with Crippen LogP contribution in [0.1, 0.15) is 36.2 Å². The molecule has 0 amide bonds. The van der Waals surface area contributed by atoms with Crippen molar-refractivity contribution in [1.29, 1.82) is 0 Å². The van der Waals surface area contributed by atoms with E-state index < -0.39 is 30.6 Å². The molecule has 1 fully saturated rings. The normalized spacial score (nSPS) is 21.5. The van der Waals surface area contributed by atoms with Crippen molar-refractivity contribution < 1.29 is 22.0 Å². The lowest BCUT2D eigenvalue weighted by Crippen LogP contribution is -2.54. The van der Waals surface area contributed by atoms with Crippen LogP contribution >= 0.6 is 0 Å². The summed E-state index contributed by atoms with van der Waals surface area (Å²) < 4.78 is 70.5. The molecule has 0 aliphatic carbocycles. The zero-order valence-corrected chi connectivity index (χ0v) is 19.5. The van der Waals surface area contributed by atoms with Gasteiger partial charge in [-0.2, -0.15) is 0 Å². The minimum absolute atomic E-state index is 0.0182. The predicted molar refractivity (Wildman–Crippen MR) is 127 cm³/mol. The number of nitrogens with one attached hydrogen (secondary N) is 2. The van der Waals surface area contributed by atoms with E-state index in [2.05, 4.69) is 15.2 Å². The fourth-order valence-electron chi connectivity index (χ4n) is 5.55. The first-order valence-corrected chi connectivity index (χ1v) is 12.0. The van der Waals surface area contributed by atoms with Crippen molar-refractivity contribution in [3.63, 3.8) is 0 Å². The number of hydrogen-bond acceptors (Lipinski definition) is 3. The molecule has 2 aromatic carbocycles. The second-order valence-corrected chi connectivity index (χ2v) is 9.60. The van der Waals surface area contributed by atoms with E-state index in [0.29, 0.717) is 43.9 Å². The first-order valence-electron chi connectivity index (χ1n) is 12.0. The first-order chi connectivity index (χ1) is 16.9. The number of aromatic amines is 1. The lowest BCUT2D eigenvalue weighted by molar-refractivity contribution is 0.0438. The molecule has 35 heavy (non-hydrogen) atoms. The number of aromatic nitrogens is 1. The molecule has 188 valence electrons. The van der Waals surface area contributed by atoms with Crippen LogP contribution in [-0.2, 0) is 6.42 Å². The van der Waals surface area contributed by atoms with E-state index in [1.807, 2.05) is 31.2 Å². The van der Waals surface area contributed by atoms with Crippen LogP contribution in [0.5, 0.6) is 0 Å². The van der Waals surface area contributed by atoms with Crippen molar-refractivity contribution in [3.05, 3.63) is 64.9 Å². The molecule has 5 rings (SSSR count). The summed E-state index contributed by atoms with van der Waals surface area (Å²) in [6.45, 7) is 2.86. The molecule has 9 heteroatoms. The second-order valence-electron chi connectivity index (χ2n) is 9.60. The Balaban J connectivity index is 1.48. The lowest BCUT2D eigenvalue weighted by Gasteiger charge is -2.41. The molecule has 2 N–H and O–H groups in total. The number of rotatable bonds is 8. The maximum Gasteiger partial charge on any atom is 0.251 e. The van der Waals surface area contributed by atoms with Gasteiger partial charge in [0.15, 0.2) is 0 Å². The Hall–Kier alpha value is -2.65. The van der Waals surface area contributed by atoms with Crippen molar-refractivity contribution in [3.8, 4) is 0 Å². The molecule has 1 aromatic heterocycles. The Morgan fingerprint density at radius 3 is 2.51 bits per heavy atom. The average molecular weight is 493 g/mol. The quantitative estimate of drug-likeness (QED) is 0.408. The Bertz CT molecular complexity index is 1170. The summed E-state index contributed by atoms with van der Waals surface area (Å²) in [6.07, 6.45) is -1.67. The van der Waals surface area contributed by atoms with Gasteiger partial charge in [0.1, 0.15) is 11.6 Å². The van der Waals surface area contributed by atoms with Crippen LogP contribution in [0.15, 0.2) is 36.4 Å². The third-order valence-electron chi connectivity index (χ3n) is 7.15. The summed E-state index contributed by atoms with van der Waals surface area (Å²) >= 11 is 0. The largest absolute Gasteiger partial charge is 0.380 e. The van der Waals surface area contributed by atoms with Crippen molar-refractivity contribution >= 4 is 16.6 Å². The highest BCUT2D eigenvalue weighted by molar-refractivity contribution is 5.85. The average Bonchev–Trinajstić information content (AvgIpc) is 3.14. The number of alkyl halides is 3. The van der Waals surface area contributed by atoms with Crippen LogP contribution in [0, 0.1) is 11.6 Å². The summed E-state index contributed by atoms with van der Waals surface area (Å²) in [4.78, 5) is 6.82. The molecule has 1 unspecified atom stereocenters. The maximum absolute atomic E-state index is 15.5. The van der Waals surface area contributed by atoms with Gasteiger partial charge in [0, 0.05) is 53.5 Å². The first kappa shape index (κ1) is 24.1. The molecule has 2 atom stereocenters. The standard InChI is InChI=1S/C26H29F5N4/c1-15-9-19-18-5-2-3-6-22(18)33-25(19)26(35(15)14-23(30)31)24-20(28)10-16(11-21(24)29)32-17-12-34(13-17)8-4-7-27/h2-3,5-6,10-11,15,17,23,26,32-33H,4,7-9,12-14H2,1H3/t15-,26?/m1/s1. The van der Waals surface area contributed by atoms with Crippen LogP contribution in [0.25, 0.3) is 10.9 Å². The van der Waals surface area contributed by atoms with E-state index in [1.165, 1.54) is 17.0 Å². The van der Waals surface area contributed by atoms with E-state index in [0.717, 1.165) is 16.5 Å². The third-order valence-corrected chi connectivity index (χ3v) is 7.15. The summed E-state index contributed by atoms with van der Waals surface area (Å²) in [7, 11) is 0. The molecule has 3 aromatic rings. The van der Waals surface area contributed by atoms with Gasteiger partial charge in [-0.1, -0.05) is 18.2 Å². The number of H-pyrrole nitrogens is 1. The van der Waals surface area contributed by atoms with E-state index in [9.17, 15) is 13.2 Å². The predicted octanol–water partition coefficient (Wildman–Crippen LogP) is 5.50. The molecule has 0 radical (unpaired) electrons. The van der Waals surface area contributed by atoms with E-state index in [1.54, 1.807) is 0 Å². The van der Waals surface area contributed by atoms with Crippen molar-refractivity contribution in [2.24, 2.45) is 0 Å². The van der Waals surface area contributed by atoms with Gasteiger partial charge < -0.3 is 10.3 Å². The Kier molecular flexibility index (Phi) is 6.72. The summed E-state index contributed by atoms with van der Waals surface area (Å²) in [6, 6.07) is 8.74. The van der Waals surface area contributed by atoms with Gasteiger partial charge in [-0.05, 0) is 43.5 Å². The molecule has 4 nitrogen and oxygen atoms in total. The number of benzene rings is 2. The van der Waals surface area contributed by atoms with Gasteiger partial charge >= 0.3 is 0 Å². The molecular weight excluding hydrogens is 463 g/mol. The molecular formula is C26H29F5N4. The van der Waals surface area contributed by atoms with Crippen LogP contribution in [-0.4, -0.2) is 66.1 Å². The minimum atomic E-state index is -2.64. The fraction of sp³-hybridized carbons (Fsp3) is 0.462. The van der Waals surface area contributed by atoms with Crippen molar-refractivity contribution in [1.82, 2.24) is 14.8 Å². The fourth-order valence-corrected chi connectivity index (χ4v) is 5.55. The van der Waals surface area contributed by atoms with Crippen LogP contribution in [0.2, 0.25) is 0 Å². The number of anilines is 1. The lowest BCUT2D eigenvalue weighted by atomic mass is 9.88. The Morgan fingerprint density at radius 2 is 1.83 bits per heavy atom. The van der Waals surface area contributed by atoms with Crippen molar-refractivity contribution in [2.75, 3.05) is 38.2 Å². The summed E-state index contributed by atoms with van der Waals surface area (Å²) in [5.41, 5.74) is 2.36. The Labute approximate surface area is 201 Å².